The summed E-state index contributed by atoms with van der Waals surface area (Å²) in [7, 11) is 0. The van der Waals surface area contributed by atoms with Crippen LogP contribution in [0.3, 0.4) is 0 Å². The van der Waals surface area contributed by atoms with Crippen molar-refractivity contribution in [3.63, 3.8) is 0 Å². The first-order valence-corrected chi connectivity index (χ1v) is 7.17. The molecule has 1 amide bonds. The lowest BCUT2D eigenvalue weighted by Crippen LogP contribution is -2.50. The molecule has 0 atom stereocenters. The molecule has 0 unspecified atom stereocenters. The smallest absolute Gasteiger partial charge is 0.222 e. The summed E-state index contributed by atoms with van der Waals surface area (Å²) < 4.78 is 0. The third-order valence-corrected chi connectivity index (χ3v) is 3.14. The molecular formula is C14H30N2O. The average molecular weight is 242 g/mol. The van der Waals surface area contributed by atoms with Gasteiger partial charge in [0.05, 0.1) is 0 Å². The molecule has 0 aromatic rings. The molecule has 3 heteroatoms. The first-order chi connectivity index (χ1) is 8.15. The van der Waals surface area contributed by atoms with Gasteiger partial charge in [-0.15, -0.1) is 0 Å². The van der Waals surface area contributed by atoms with Crippen molar-refractivity contribution < 1.29 is 4.79 Å². The quantitative estimate of drug-likeness (QED) is 0.757. The molecule has 1 heterocycles. The highest BCUT2D eigenvalue weighted by Crippen LogP contribution is 2.08. The van der Waals surface area contributed by atoms with Gasteiger partial charge in [-0.2, -0.15) is 0 Å². The zero-order chi connectivity index (χ0) is 13.3. The van der Waals surface area contributed by atoms with E-state index in [1.807, 2.05) is 18.7 Å². The van der Waals surface area contributed by atoms with E-state index >= 15 is 0 Å². The molecule has 1 aliphatic heterocycles. The van der Waals surface area contributed by atoms with Crippen LogP contribution in [0.2, 0.25) is 0 Å². The van der Waals surface area contributed by atoms with Crippen LogP contribution in [0.25, 0.3) is 0 Å². The summed E-state index contributed by atoms with van der Waals surface area (Å²) in [6.07, 6.45) is 2.87. The Labute approximate surface area is 107 Å². The van der Waals surface area contributed by atoms with Crippen LogP contribution >= 0.6 is 0 Å². The molecule has 3 nitrogen and oxygen atoms in total. The van der Waals surface area contributed by atoms with Gasteiger partial charge in [0.2, 0.25) is 5.91 Å². The van der Waals surface area contributed by atoms with E-state index in [0.29, 0.717) is 11.9 Å². The van der Waals surface area contributed by atoms with Gasteiger partial charge in [0.15, 0.2) is 0 Å². The highest BCUT2D eigenvalue weighted by Gasteiger charge is 2.21. The van der Waals surface area contributed by atoms with Crippen LogP contribution in [0.15, 0.2) is 0 Å². The van der Waals surface area contributed by atoms with Crippen LogP contribution < -0.4 is 0 Å². The maximum Gasteiger partial charge on any atom is 0.222 e. The van der Waals surface area contributed by atoms with E-state index in [4.69, 9.17) is 0 Å². The maximum absolute atomic E-state index is 11.7. The molecule has 0 aliphatic carbocycles. The van der Waals surface area contributed by atoms with E-state index in [0.717, 1.165) is 45.4 Å². The molecule has 1 aliphatic rings. The van der Waals surface area contributed by atoms with Crippen molar-refractivity contribution in [1.82, 2.24) is 9.80 Å². The van der Waals surface area contributed by atoms with Crippen molar-refractivity contribution in [3.8, 4) is 0 Å². The third kappa shape index (κ3) is 6.06. The van der Waals surface area contributed by atoms with Gasteiger partial charge in [-0.1, -0.05) is 27.2 Å². The van der Waals surface area contributed by atoms with Crippen molar-refractivity contribution in [2.75, 3.05) is 26.2 Å². The SMILES string of the molecule is CC.CCCCC(=O)N1CCN(C(C)C)CC1. The van der Waals surface area contributed by atoms with Gasteiger partial charge < -0.3 is 4.90 Å². The van der Waals surface area contributed by atoms with Gasteiger partial charge >= 0.3 is 0 Å². The Morgan fingerprint density at radius 1 is 1.12 bits per heavy atom. The fraction of sp³-hybridized carbons (Fsp3) is 0.929. The van der Waals surface area contributed by atoms with Gasteiger partial charge in [-0.3, -0.25) is 9.69 Å². The molecule has 1 fully saturated rings. The van der Waals surface area contributed by atoms with Crippen LogP contribution in [0.4, 0.5) is 0 Å². The van der Waals surface area contributed by atoms with Gasteiger partial charge in [-0.05, 0) is 20.3 Å². The summed E-state index contributed by atoms with van der Waals surface area (Å²) in [5.41, 5.74) is 0. The fourth-order valence-electron chi connectivity index (χ4n) is 1.97. The van der Waals surface area contributed by atoms with E-state index in [2.05, 4.69) is 25.7 Å². The normalized spacial score (nSPS) is 16.7. The molecule has 17 heavy (non-hydrogen) atoms. The predicted octanol–water partition coefficient (Wildman–Crippen LogP) is 2.76. The van der Waals surface area contributed by atoms with Crippen molar-refractivity contribution >= 4 is 5.91 Å². The van der Waals surface area contributed by atoms with Crippen LogP contribution in [-0.2, 0) is 4.79 Å². The number of hydrogen-bond donors (Lipinski definition) is 0. The zero-order valence-electron chi connectivity index (χ0n) is 12.3. The molecule has 0 N–H and O–H groups in total. The summed E-state index contributed by atoms with van der Waals surface area (Å²) in [6.45, 7) is 14.5. The monoisotopic (exact) mass is 242 g/mol. The molecule has 0 radical (unpaired) electrons. The summed E-state index contributed by atoms with van der Waals surface area (Å²) in [5, 5.41) is 0. The first kappa shape index (κ1) is 16.4. The summed E-state index contributed by atoms with van der Waals surface area (Å²) in [6, 6.07) is 0.609. The lowest BCUT2D eigenvalue weighted by atomic mass is 10.2. The van der Waals surface area contributed by atoms with Crippen LogP contribution in [0, 0.1) is 0 Å². The number of hydrogen-bond acceptors (Lipinski definition) is 2. The second-order valence-corrected chi connectivity index (χ2v) is 4.61. The molecule has 1 saturated heterocycles. The molecule has 102 valence electrons. The van der Waals surface area contributed by atoms with E-state index in [-0.39, 0.29) is 0 Å². The van der Waals surface area contributed by atoms with Crippen molar-refractivity contribution in [2.45, 2.75) is 59.9 Å². The minimum absolute atomic E-state index is 0.347. The molecule has 0 aromatic carbocycles. The average Bonchev–Trinajstić information content (AvgIpc) is 2.38. The Bertz CT molecular complexity index is 196. The number of amides is 1. The molecular weight excluding hydrogens is 212 g/mol. The third-order valence-electron chi connectivity index (χ3n) is 3.14. The molecule has 0 aromatic heterocycles. The lowest BCUT2D eigenvalue weighted by molar-refractivity contribution is -0.133. The Morgan fingerprint density at radius 2 is 1.65 bits per heavy atom. The van der Waals surface area contributed by atoms with E-state index < -0.39 is 0 Å². The molecule has 0 saturated carbocycles. The van der Waals surface area contributed by atoms with Crippen LogP contribution in [0.1, 0.15) is 53.9 Å². The molecule has 1 rings (SSSR count). The van der Waals surface area contributed by atoms with Crippen molar-refractivity contribution in [2.24, 2.45) is 0 Å². The zero-order valence-corrected chi connectivity index (χ0v) is 12.3. The highest BCUT2D eigenvalue weighted by molar-refractivity contribution is 5.76. The predicted molar refractivity (Wildman–Crippen MR) is 74.2 cm³/mol. The Kier molecular flexibility index (Phi) is 9.14. The minimum atomic E-state index is 0.347. The Balaban J connectivity index is 0.00000121. The lowest BCUT2D eigenvalue weighted by Gasteiger charge is -2.37. The van der Waals surface area contributed by atoms with Gasteiger partial charge in [0, 0.05) is 38.6 Å². The summed E-state index contributed by atoms with van der Waals surface area (Å²) >= 11 is 0. The van der Waals surface area contributed by atoms with E-state index in [1.165, 1.54) is 0 Å². The van der Waals surface area contributed by atoms with Crippen molar-refractivity contribution in [3.05, 3.63) is 0 Å². The second kappa shape index (κ2) is 9.46. The van der Waals surface area contributed by atoms with Gasteiger partial charge in [0.1, 0.15) is 0 Å². The van der Waals surface area contributed by atoms with Gasteiger partial charge in [0.25, 0.3) is 0 Å². The standard InChI is InChI=1S/C12H24N2O.C2H6/c1-4-5-6-12(15)14-9-7-13(8-10-14)11(2)3;1-2/h11H,4-10H2,1-3H3;1-2H3. The van der Waals surface area contributed by atoms with Crippen molar-refractivity contribution in [1.29, 1.82) is 0 Å². The Morgan fingerprint density at radius 3 is 2.06 bits per heavy atom. The molecule has 0 bridgehead atoms. The Hall–Kier alpha value is -0.570. The van der Waals surface area contributed by atoms with E-state index in [9.17, 15) is 4.79 Å². The van der Waals surface area contributed by atoms with Gasteiger partial charge in [-0.25, -0.2) is 0 Å². The summed E-state index contributed by atoms with van der Waals surface area (Å²) in [5.74, 6) is 0.347. The number of nitrogens with zero attached hydrogens (tertiary/aromatic N) is 2. The first-order valence-electron chi connectivity index (χ1n) is 7.17. The number of carbonyl (C=O) groups excluding carboxylic acids is 1. The minimum Gasteiger partial charge on any atom is -0.340 e. The topological polar surface area (TPSA) is 23.6 Å². The largest absolute Gasteiger partial charge is 0.340 e. The second-order valence-electron chi connectivity index (χ2n) is 4.61. The van der Waals surface area contributed by atoms with E-state index in [1.54, 1.807) is 0 Å². The van der Waals surface area contributed by atoms with Crippen LogP contribution in [0.5, 0.6) is 0 Å². The summed E-state index contributed by atoms with van der Waals surface area (Å²) in [4.78, 5) is 16.2. The van der Waals surface area contributed by atoms with Crippen LogP contribution in [-0.4, -0.2) is 47.9 Å². The number of unbranched alkanes of at least 4 members (excludes halogenated alkanes) is 1. The maximum atomic E-state index is 11.7. The number of carbonyl (C=O) groups is 1. The molecule has 0 spiro atoms. The number of rotatable bonds is 4. The number of piperazine rings is 1. The fourth-order valence-corrected chi connectivity index (χ4v) is 1.97. The highest BCUT2D eigenvalue weighted by atomic mass is 16.2.